The molecule has 1 saturated carbocycles. The molecule has 4 nitrogen and oxygen atoms in total. The highest BCUT2D eigenvalue weighted by Gasteiger charge is 2.20. The third-order valence-corrected chi connectivity index (χ3v) is 6.03. The van der Waals surface area contributed by atoms with Crippen LogP contribution in [-0.4, -0.2) is 16.9 Å². The van der Waals surface area contributed by atoms with Crippen molar-refractivity contribution >= 4 is 28.8 Å². The molecule has 3 rings (SSSR count). The Morgan fingerprint density at radius 1 is 1.32 bits per heavy atom. The van der Waals surface area contributed by atoms with Crippen molar-refractivity contribution in [3.05, 3.63) is 44.4 Å². The summed E-state index contributed by atoms with van der Waals surface area (Å²) in [5.74, 6) is 0.749. The molecule has 1 aromatic heterocycles. The summed E-state index contributed by atoms with van der Waals surface area (Å²) >= 11 is 7.44. The first kappa shape index (κ1) is 18.2. The Bertz CT molecular complexity index is 754. The van der Waals surface area contributed by atoms with Crippen molar-refractivity contribution in [2.24, 2.45) is 0 Å². The van der Waals surface area contributed by atoms with Gasteiger partial charge in [0, 0.05) is 11.1 Å². The minimum absolute atomic E-state index is 0.00418. The van der Waals surface area contributed by atoms with E-state index in [1.54, 1.807) is 0 Å². The summed E-state index contributed by atoms with van der Waals surface area (Å²) in [7, 11) is 0. The van der Waals surface area contributed by atoms with Crippen LogP contribution in [-0.2, 0) is 6.61 Å². The van der Waals surface area contributed by atoms with E-state index in [0.717, 1.165) is 39.9 Å². The number of amides is 1. The predicted octanol–water partition coefficient (Wildman–Crippen LogP) is 5.05. The third kappa shape index (κ3) is 4.73. The van der Waals surface area contributed by atoms with E-state index in [1.165, 1.54) is 30.6 Å². The summed E-state index contributed by atoms with van der Waals surface area (Å²) < 4.78 is 5.78. The van der Waals surface area contributed by atoms with Gasteiger partial charge >= 0.3 is 0 Å². The summed E-state index contributed by atoms with van der Waals surface area (Å²) in [6, 6.07) is 5.87. The molecular weight excluding hydrogens is 356 g/mol. The van der Waals surface area contributed by atoms with Gasteiger partial charge in [0.25, 0.3) is 5.91 Å². The van der Waals surface area contributed by atoms with Crippen LogP contribution >= 0.6 is 22.9 Å². The summed E-state index contributed by atoms with van der Waals surface area (Å²) in [5, 5.41) is 4.68. The Morgan fingerprint density at radius 2 is 2.08 bits per heavy atom. The van der Waals surface area contributed by atoms with Gasteiger partial charge in [0.05, 0.1) is 5.69 Å². The number of hydrogen-bond acceptors (Lipinski definition) is 4. The van der Waals surface area contributed by atoms with Gasteiger partial charge in [-0.1, -0.05) is 30.9 Å². The number of aryl methyl sites for hydroxylation is 2. The molecule has 1 heterocycles. The van der Waals surface area contributed by atoms with Gasteiger partial charge in [-0.05, 0) is 50.5 Å². The molecule has 0 bridgehead atoms. The summed E-state index contributed by atoms with van der Waals surface area (Å²) in [6.45, 7) is 4.17. The van der Waals surface area contributed by atoms with Gasteiger partial charge in [0.15, 0.2) is 0 Å². The summed E-state index contributed by atoms with van der Waals surface area (Å²) in [4.78, 5) is 17.7. The normalized spacial score (nSPS) is 15.2. The number of ether oxygens (including phenoxy) is 1. The van der Waals surface area contributed by atoms with Crippen molar-refractivity contribution in [2.45, 2.75) is 58.6 Å². The minimum Gasteiger partial charge on any atom is -0.486 e. The molecule has 0 aliphatic heterocycles. The smallest absolute Gasteiger partial charge is 0.263 e. The minimum atomic E-state index is -0.00418. The zero-order chi connectivity index (χ0) is 17.8. The molecule has 0 unspecified atom stereocenters. The SMILES string of the molecule is Cc1cc(OCc2nc(C)c(C(=O)NC3CCCCC3)s2)ccc1Cl. The molecule has 0 radical (unpaired) electrons. The average Bonchev–Trinajstić information content (AvgIpc) is 2.98. The lowest BCUT2D eigenvalue weighted by Crippen LogP contribution is -2.36. The van der Waals surface area contributed by atoms with E-state index in [1.807, 2.05) is 32.0 Å². The topological polar surface area (TPSA) is 51.2 Å². The Hall–Kier alpha value is -1.59. The van der Waals surface area contributed by atoms with Gasteiger partial charge in [-0.15, -0.1) is 11.3 Å². The van der Waals surface area contributed by atoms with Gasteiger partial charge in [-0.3, -0.25) is 4.79 Å². The number of aromatic nitrogens is 1. The summed E-state index contributed by atoms with van der Waals surface area (Å²) in [6.07, 6.45) is 5.83. The third-order valence-electron chi connectivity index (χ3n) is 4.48. The van der Waals surface area contributed by atoms with Gasteiger partial charge in [0.2, 0.25) is 0 Å². The van der Waals surface area contributed by atoms with E-state index in [2.05, 4.69) is 10.3 Å². The van der Waals surface area contributed by atoms with Crippen LogP contribution in [0.5, 0.6) is 5.75 Å². The largest absolute Gasteiger partial charge is 0.486 e. The molecule has 2 aromatic rings. The molecule has 1 amide bonds. The van der Waals surface area contributed by atoms with Crippen molar-refractivity contribution in [3.8, 4) is 5.75 Å². The molecule has 0 atom stereocenters. The van der Waals surface area contributed by atoms with Crippen LogP contribution in [0.15, 0.2) is 18.2 Å². The fourth-order valence-electron chi connectivity index (χ4n) is 3.07. The van der Waals surface area contributed by atoms with Crippen LogP contribution < -0.4 is 10.1 Å². The molecule has 1 aliphatic carbocycles. The standard InChI is InChI=1S/C19H23ClN2O2S/c1-12-10-15(8-9-16(12)20)24-11-17-21-13(2)18(25-17)19(23)22-14-6-4-3-5-7-14/h8-10,14H,3-7,11H2,1-2H3,(H,22,23). The van der Waals surface area contributed by atoms with E-state index in [-0.39, 0.29) is 5.91 Å². The first-order valence-corrected chi connectivity index (χ1v) is 9.88. The number of carbonyl (C=O) groups excluding carboxylic acids is 1. The predicted molar refractivity (Wildman–Crippen MR) is 102 cm³/mol. The molecule has 0 spiro atoms. The van der Waals surface area contributed by atoms with Crippen LogP contribution in [0.2, 0.25) is 5.02 Å². The quantitative estimate of drug-likeness (QED) is 0.791. The maximum absolute atomic E-state index is 12.5. The van der Waals surface area contributed by atoms with Crippen molar-refractivity contribution in [3.63, 3.8) is 0 Å². The number of hydrogen-bond donors (Lipinski definition) is 1. The Kier molecular flexibility index (Phi) is 5.97. The van der Waals surface area contributed by atoms with E-state index in [0.29, 0.717) is 17.5 Å². The number of halogens is 1. The fraction of sp³-hybridized carbons (Fsp3) is 0.474. The lowest BCUT2D eigenvalue weighted by atomic mass is 9.95. The number of nitrogens with zero attached hydrogens (tertiary/aromatic N) is 1. The Labute approximate surface area is 157 Å². The highest BCUT2D eigenvalue weighted by molar-refractivity contribution is 7.13. The van der Waals surface area contributed by atoms with E-state index < -0.39 is 0 Å². The first-order chi connectivity index (χ1) is 12.0. The van der Waals surface area contributed by atoms with Crippen LogP contribution in [0.3, 0.4) is 0 Å². The van der Waals surface area contributed by atoms with Crippen LogP contribution in [0, 0.1) is 13.8 Å². The maximum atomic E-state index is 12.5. The molecule has 134 valence electrons. The average molecular weight is 379 g/mol. The lowest BCUT2D eigenvalue weighted by molar-refractivity contribution is 0.0931. The van der Waals surface area contributed by atoms with Crippen LogP contribution in [0.1, 0.15) is 58.0 Å². The highest BCUT2D eigenvalue weighted by atomic mass is 35.5. The monoisotopic (exact) mass is 378 g/mol. The number of thiazole rings is 1. The Balaban J connectivity index is 1.61. The van der Waals surface area contributed by atoms with Crippen molar-refractivity contribution in [2.75, 3.05) is 0 Å². The zero-order valence-corrected chi connectivity index (χ0v) is 16.2. The molecular formula is C19H23ClN2O2S. The second-order valence-electron chi connectivity index (χ2n) is 6.53. The van der Waals surface area contributed by atoms with Gasteiger partial charge < -0.3 is 10.1 Å². The van der Waals surface area contributed by atoms with Crippen molar-refractivity contribution < 1.29 is 9.53 Å². The fourth-order valence-corrected chi connectivity index (χ4v) is 4.07. The van der Waals surface area contributed by atoms with E-state index >= 15 is 0 Å². The second kappa shape index (κ2) is 8.19. The van der Waals surface area contributed by atoms with E-state index in [9.17, 15) is 4.79 Å². The number of nitrogens with one attached hydrogen (secondary N) is 1. The molecule has 1 fully saturated rings. The molecule has 1 N–H and O–H groups in total. The molecule has 25 heavy (non-hydrogen) atoms. The van der Waals surface area contributed by atoms with Gasteiger partial charge in [0.1, 0.15) is 22.2 Å². The van der Waals surface area contributed by atoms with Crippen molar-refractivity contribution in [1.29, 1.82) is 0 Å². The molecule has 0 saturated heterocycles. The van der Waals surface area contributed by atoms with Gasteiger partial charge in [-0.2, -0.15) is 0 Å². The van der Waals surface area contributed by atoms with Crippen LogP contribution in [0.25, 0.3) is 0 Å². The van der Waals surface area contributed by atoms with E-state index in [4.69, 9.17) is 16.3 Å². The number of benzene rings is 1. The molecule has 1 aliphatic rings. The van der Waals surface area contributed by atoms with Gasteiger partial charge in [-0.25, -0.2) is 4.98 Å². The number of rotatable bonds is 5. The molecule has 6 heteroatoms. The number of carbonyl (C=O) groups is 1. The highest BCUT2D eigenvalue weighted by Crippen LogP contribution is 2.24. The van der Waals surface area contributed by atoms with Crippen molar-refractivity contribution in [1.82, 2.24) is 10.3 Å². The lowest BCUT2D eigenvalue weighted by Gasteiger charge is -2.22. The molecule has 1 aromatic carbocycles. The first-order valence-electron chi connectivity index (χ1n) is 8.69. The second-order valence-corrected chi connectivity index (χ2v) is 8.02. The zero-order valence-electron chi connectivity index (χ0n) is 14.6. The Morgan fingerprint density at radius 3 is 2.80 bits per heavy atom. The van der Waals surface area contributed by atoms with Crippen LogP contribution in [0.4, 0.5) is 0 Å². The summed E-state index contributed by atoms with van der Waals surface area (Å²) in [5.41, 5.74) is 1.74. The maximum Gasteiger partial charge on any atom is 0.263 e.